The fourth-order valence-electron chi connectivity index (χ4n) is 2.20. The summed E-state index contributed by atoms with van der Waals surface area (Å²) >= 11 is 0. The first-order chi connectivity index (χ1) is 10.3. The van der Waals surface area contributed by atoms with Crippen LogP contribution in [0, 0.1) is 0 Å². The Morgan fingerprint density at radius 2 is 1.95 bits per heavy atom. The molecule has 0 aliphatic carbocycles. The van der Waals surface area contributed by atoms with E-state index in [-0.39, 0.29) is 17.3 Å². The van der Waals surface area contributed by atoms with E-state index in [1.165, 1.54) is 0 Å². The summed E-state index contributed by atoms with van der Waals surface area (Å²) in [5.74, 6) is 0. The van der Waals surface area contributed by atoms with Gasteiger partial charge in [0.25, 0.3) is 0 Å². The third-order valence-electron chi connectivity index (χ3n) is 4.35. The molecule has 1 aliphatic rings. The van der Waals surface area contributed by atoms with E-state index in [0.717, 1.165) is 11.0 Å². The topological polar surface area (TPSA) is 40.8 Å². The van der Waals surface area contributed by atoms with E-state index in [0.29, 0.717) is 13.0 Å². The van der Waals surface area contributed by atoms with Gasteiger partial charge in [-0.2, -0.15) is 0 Å². The Labute approximate surface area is 133 Å². The van der Waals surface area contributed by atoms with Crippen molar-refractivity contribution in [3.8, 4) is 0 Å². The molecule has 1 aromatic rings. The van der Waals surface area contributed by atoms with Crippen molar-refractivity contribution in [2.24, 2.45) is 0 Å². The van der Waals surface area contributed by atoms with Crippen LogP contribution in [-0.2, 0) is 14.0 Å². The van der Waals surface area contributed by atoms with E-state index in [2.05, 4.69) is 13.2 Å². The molecule has 0 saturated carbocycles. The van der Waals surface area contributed by atoms with Crippen molar-refractivity contribution in [3.63, 3.8) is 0 Å². The van der Waals surface area contributed by atoms with Gasteiger partial charge >= 0.3 is 7.12 Å². The van der Waals surface area contributed by atoms with Gasteiger partial charge in [0.2, 0.25) is 0 Å². The van der Waals surface area contributed by atoms with E-state index < -0.39 is 7.12 Å². The highest BCUT2D eigenvalue weighted by atomic mass is 16.7. The summed E-state index contributed by atoms with van der Waals surface area (Å²) in [6, 6.07) is 1.89. The molecule has 1 fully saturated rings. The first kappa shape index (κ1) is 17.1. The highest BCUT2D eigenvalue weighted by Gasteiger charge is 2.52. The van der Waals surface area contributed by atoms with Crippen LogP contribution < -0.4 is 0 Å². The minimum atomic E-state index is -0.446. The fourth-order valence-corrected chi connectivity index (χ4v) is 2.20. The Hall–Kier alpha value is -1.30. The Balaban J connectivity index is 1.94. The molecule has 0 amide bonds. The van der Waals surface area contributed by atoms with Crippen LogP contribution >= 0.6 is 0 Å². The summed E-state index contributed by atoms with van der Waals surface area (Å²) in [6.45, 7) is 16.3. The normalized spacial score (nSPS) is 20.8. The summed E-state index contributed by atoms with van der Waals surface area (Å²) in [5.41, 5.74) is 1.02. The molecule has 0 radical (unpaired) electrons. The van der Waals surface area contributed by atoms with E-state index in [9.17, 15) is 0 Å². The summed E-state index contributed by atoms with van der Waals surface area (Å²) in [5, 5.41) is 0. The van der Waals surface area contributed by atoms with Crippen LogP contribution in [-0.4, -0.2) is 24.9 Å². The van der Waals surface area contributed by atoms with Crippen molar-refractivity contribution in [3.05, 3.63) is 48.9 Å². The van der Waals surface area contributed by atoms with Gasteiger partial charge in [-0.25, -0.2) is 0 Å². The standard InChI is InChI=1S/C17H25BO4/c1-7-8-15(14-9-10-19-12-14)20-11-13(2)18-21-16(3,4)17(5,6)22-18/h7,9-10,12,15H,1-2,8,11H2,3-6H3/t15-/m1/s1. The van der Waals surface area contributed by atoms with Crippen molar-refractivity contribution < 1.29 is 18.5 Å². The molecular weight excluding hydrogens is 279 g/mol. The van der Waals surface area contributed by atoms with Crippen LogP contribution in [0.25, 0.3) is 0 Å². The molecule has 4 nitrogen and oxygen atoms in total. The van der Waals surface area contributed by atoms with E-state index in [1.54, 1.807) is 12.5 Å². The Bertz CT molecular complexity index is 503. The second kappa shape index (κ2) is 6.45. The number of hydrogen-bond acceptors (Lipinski definition) is 4. The lowest BCUT2D eigenvalue weighted by molar-refractivity contribution is 0.00578. The van der Waals surface area contributed by atoms with Crippen molar-refractivity contribution in [1.82, 2.24) is 0 Å². The van der Waals surface area contributed by atoms with Crippen molar-refractivity contribution in [2.75, 3.05) is 6.61 Å². The molecule has 0 unspecified atom stereocenters. The van der Waals surface area contributed by atoms with Gasteiger partial charge in [-0.05, 0) is 45.7 Å². The molecular formula is C17H25BO4. The molecule has 1 saturated heterocycles. The van der Waals surface area contributed by atoms with Gasteiger partial charge in [-0.1, -0.05) is 6.08 Å². The molecule has 0 aromatic carbocycles. The lowest BCUT2D eigenvalue weighted by atomic mass is 9.80. The fraction of sp³-hybridized carbons (Fsp3) is 0.529. The predicted octanol–water partition coefficient (Wildman–Crippen LogP) is 4.10. The lowest BCUT2D eigenvalue weighted by Gasteiger charge is -2.32. The van der Waals surface area contributed by atoms with Gasteiger partial charge in [0.05, 0.1) is 36.4 Å². The lowest BCUT2D eigenvalue weighted by Crippen LogP contribution is -2.41. The first-order valence-corrected chi connectivity index (χ1v) is 7.55. The summed E-state index contributed by atoms with van der Waals surface area (Å²) in [6.07, 6.45) is 5.75. The van der Waals surface area contributed by atoms with Crippen LogP contribution in [0.5, 0.6) is 0 Å². The number of rotatable bonds is 7. The quantitative estimate of drug-likeness (QED) is 0.561. The number of ether oxygens (including phenoxy) is 1. The van der Waals surface area contributed by atoms with E-state index >= 15 is 0 Å². The highest BCUT2D eigenvalue weighted by molar-refractivity contribution is 6.54. The van der Waals surface area contributed by atoms with Crippen molar-refractivity contribution >= 4 is 7.12 Å². The molecule has 0 bridgehead atoms. The van der Waals surface area contributed by atoms with Gasteiger partial charge in [-0.3, -0.25) is 0 Å². The van der Waals surface area contributed by atoms with Gasteiger partial charge in [-0.15, -0.1) is 13.2 Å². The maximum Gasteiger partial charge on any atom is 0.492 e. The summed E-state index contributed by atoms with van der Waals surface area (Å²) in [7, 11) is -0.446. The zero-order valence-corrected chi connectivity index (χ0v) is 13.9. The molecule has 1 atom stereocenters. The van der Waals surface area contributed by atoms with Crippen LogP contribution in [0.15, 0.2) is 47.7 Å². The van der Waals surface area contributed by atoms with Gasteiger partial charge in [0.15, 0.2) is 0 Å². The van der Waals surface area contributed by atoms with Crippen LogP contribution in [0.3, 0.4) is 0 Å². The molecule has 0 spiro atoms. The average molecular weight is 304 g/mol. The summed E-state index contributed by atoms with van der Waals surface area (Å²) < 4.78 is 23.0. The van der Waals surface area contributed by atoms with Crippen LogP contribution in [0.2, 0.25) is 0 Å². The predicted molar refractivity (Wildman–Crippen MR) is 87.4 cm³/mol. The third kappa shape index (κ3) is 3.54. The first-order valence-electron chi connectivity index (χ1n) is 7.55. The average Bonchev–Trinajstić information content (AvgIpc) is 3.01. The second-order valence-electron chi connectivity index (χ2n) is 6.63. The van der Waals surface area contributed by atoms with E-state index in [4.69, 9.17) is 18.5 Å². The number of hydrogen-bond donors (Lipinski definition) is 0. The smallest absolute Gasteiger partial charge is 0.472 e. The maximum atomic E-state index is 5.97. The molecule has 0 N–H and O–H groups in total. The zero-order valence-electron chi connectivity index (χ0n) is 13.9. The second-order valence-corrected chi connectivity index (χ2v) is 6.63. The van der Waals surface area contributed by atoms with Gasteiger partial charge in [0.1, 0.15) is 0 Å². The largest absolute Gasteiger partial charge is 0.492 e. The number of furan rings is 1. The highest BCUT2D eigenvalue weighted by Crippen LogP contribution is 2.38. The monoisotopic (exact) mass is 304 g/mol. The Morgan fingerprint density at radius 1 is 1.32 bits per heavy atom. The van der Waals surface area contributed by atoms with Crippen molar-refractivity contribution in [2.45, 2.75) is 51.4 Å². The van der Waals surface area contributed by atoms with Gasteiger partial charge in [0, 0.05) is 5.56 Å². The molecule has 120 valence electrons. The van der Waals surface area contributed by atoms with Crippen LogP contribution in [0.4, 0.5) is 0 Å². The minimum absolute atomic E-state index is 0.101. The molecule has 5 heteroatoms. The Morgan fingerprint density at radius 3 is 2.45 bits per heavy atom. The molecule has 2 heterocycles. The van der Waals surface area contributed by atoms with Crippen molar-refractivity contribution in [1.29, 1.82) is 0 Å². The summed E-state index contributed by atoms with van der Waals surface area (Å²) in [4.78, 5) is 0. The molecule has 1 aromatic heterocycles. The zero-order chi connectivity index (χ0) is 16.4. The van der Waals surface area contributed by atoms with Crippen LogP contribution in [0.1, 0.15) is 45.8 Å². The molecule has 22 heavy (non-hydrogen) atoms. The van der Waals surface area contributed by atoms with Gasteiger partial charge < -0.3 is 18.5 Å². The molecule has 2 rings (SSSR count). The van der Waals surface area contributed by atoms with E-state index in [1.807, 2.05) is 39.8 Å². The SMILES string of the molecule is C=CC[C@@H](OCC(=C)B1OC(C)(C)C(C)(C)O1)c1ccoc1. The Kier molecular flexibility index (Phi) is 5.00. The maximum absolute atomic E-state index is 5.97. The minimum Gasteiger partial charge on any atom is -0.472 e. The third-order valence-corrected chi connectivity index (χ3v) is 4.35. The molecule has 1 aliphatic heterocycles.